The summed E-state index contributed by atoms with van der Waals surface area (Å²) in [5, 5.41) is 2.87. The molecule has 0 radical (unpaired) electrons. The first kappa shape index (κ1) is 16.2. The number of nitrogens with one attached hydrogen (secondary N) is 1. The number of hydrogen-bond donors (Lipinski definition) is 2. The van der Waals surface area contributed by atoms with Gasteiger partial charge in [0.15, 0.2) is 0 Å². The van der Waals surface area contributed by atoms with E-state index < -0.39 is 17.9 Å². The summed E-state index contributed by atoms with van der Waals surface area (Å²) in [6.07, 6.45) is 2.86. The Hall–Kier alpha value is -2.62. The summed E-state index contributed by atoms with van der Waals surface area (Å²) in [7, 11) is 0. The highest BCUT2D eigenvalue weighted by atomic mass is 16.2. The lowest BCUT2D eigenvalue weighted by molar-refractivity contribution is -0.128. The average molecular weight is 322 g/mol. The number of nitrogens with two attached hydrogens (primary N) is 1. The van der Waals surface area contributed by atoms with E-state index in [2.05, 4.69) is 5.32 Å². The molecular formula is C20H22N2O2. The van der Waals surface area contributed by atoms with Gasteiger partial charge >= 0.3 is 0 Å². The van der Waals surface area contributed by atoms with Crippen molar-refractivity contribution in [3.05, 3.63) is 71.8 Å². The Balaban J connectivity index is 1.84. The highest BCUT2D eigenvalue weighted by Gasteiger charge is 2.31. The molecule has 0 saturated heterocycles. The highest BCUT2D eigenvalue weighted by Crippen LogP contribution is 2.34. The summed E-state index contributed by atoms with van der Waals surface area (Å²) in [4.78, 5) is 24.6. The third-order valence-corrected chi connectivity index (χ3v) is 4.45. The van der Waals surface area contributed by atoms with Crippen molar-refractivity contribution in [3.63, 3.8) is 0 Å². The number of amides is 2. The van der Waals surface area contributed by atoms with Crippen LogP contribution >= 0.6 is 0 Å². The molecule has 124 valence electrons. The molecular weight excluding hydrogens is 300 g/mol. The fraction of sp³-hybridized carbons (Fsp3) is 0.300. The maximum atomic E-state index is 12.9. The Morgan fingerprint density at radius 1 is 0.958 bits per heavy atom. The molecule has 24 heavy (non-hydrogen) atoms. The summed E-state index contributed by atoms with van der Waals surface area (Å²) in [6, 6.07) is 18.6. The number of primary amides is 1. The zero-order chi connectivity index (χ0) is 16.9. The summed E-state index contributed by atoms with van der Waals surface area (Å²) in [5.41, 5.74) is 7.28. The molecule has 0 bridgehead atoms. The molecule has 2 aromatic rings. The van der Waals surface area contributed by atoms with E-state index in [0.29, 0.717) is 12.3 Å². The fourth-order valence-corrected chi connectivity index (χ4v) is 2.97. The minimum Gasteiger partial charge on any atom is -0.368 e. The molecule has 3 N–H and O–H groups in total. The third kappa shape index (κ3) is 4.02. The van der Waals surface area contributed by atoms with Gasteiger partial charge in [-0.1, -0.05) is 73.5 Å². The first-order valence-corrected chi connectivity index (χ1v) is 8.34. The Morgan fingerprint density at radius 3 is 1.88 bits per heavy atom. The highest BCUT2D eigenvalue weighted by molar-refractivity contribution is 5.91. The Bertz CT molecular complexity index is 657. The van der Waals surface area contributed by atoms with Crippen molar-refractivity contribution in [2.24, 2.45) is 11.7 Å². The zero-order valence-electron chi connectivity index (χ0n) is 13.5. The number of hydrogen-bond acceptors (Lipinski definition) is 2. The van der Waals surface area contributed by atoms with Gasteiger partial charge in [-0.15, -0.1) is 0 Å². The van der Waals surface area contributed by atoms with E-state index in [-0.39, 0.29) is 5.91 Å². The quantitative estimate of drug-likeness (QED) is 0.822. The fourth-order valence-electron chi connectivity index (χ4n) is 2.97. The van der Waals surface area contributed by atoms with Gasteiger partial charge in [0.25, 0.3) is 0 Å². The normalized spacial score (nSPS) is 15.0. The van der Waals surface area contributed by atoms with E-state index in [1.807, 2.05) is 60.7 Å². The molecule has 1 saturated carbocycles. The zero-order valence-corrected chi connectivity index (χ0v) is 13.5. The predicted octanol–water partition coefficient (Wildman–Crippen LogP) is 2.59. The van der Waals surface area contributed by atoms with Gasteiger partial charge in [-0.2, -0.15) is 0 Å². The molecule has 2 amide bonds. The Labute approximate surface area is 142 Å². The van der Waals surface area contributed by atoms with Crippen LogP contribution in [0.25, 0.3) is 0 Å². The van der Waals surface area contributed by atoms with Crippen molar-refractivity contribution in [2.45, 2.75) is 31.2 Å². The van der Waals surface area contributed by atoms with E-state index in [9.17, 15) is 9.59 Å². The summed E-state index contributed by atoms with van der Waals surface area (Å²) >= 11 is 0. The topological polar surface area (TPSA) is 72.2 Å². The average Bonchev–Trinajstić information content (AvgIpc) is 3.40. The Morgan fingerprint density at radius 2 is 1.46 bits per heavy atom. The number of benzene rings is 2. The lowest BCUT2D eigenvalue weighted by Gasteiger charge is -2.21. The van der Waals surface area contributed by atoms with Gasteiger partial charge < -0.3 is 11.1 Å². The van der Waals surface area contributed by atoms with Crippen LogP contribution < -0.4 is 11.1 Å². The first-order chi connectivity index (χ1) is 11.6. The largest absolute Gasteiger partial charge is 0.368 e. The Kier molecular flexibility index (Phi) is 4.94. The molecule has 1 aliphatic rings. The lowest BCUT2D eigenvalue weighted by atomic mass is 9.90. The molecule has 0 spiro atoms. The SMILES string of the molecule is NC(=O)[C@@H](CC1CC1)NC(=O)C(c1ccccc1)c1ccccc1. The standard InChI is InChI=1S/C20H22N2O2/c21-19(23)17(13-14-11-12-14)22-20(24)18(15-7-3-1-4-8-15)16-9-5-2-6-10-16/h1-10,14,17-18H,11-13H2,(H2,21,23)(H,22,24)/t17-/m1/s1. The summed E-state index contributed by atoms with van der Waals surface area (Å²) in [5.74, 6) is -0.588. The minimum absolute atomic E-state index is 0.183. The van der Waals surface area contributed by atoms with Gasteiger partial charge in [0.1, 0.15) is 6.04 Å². The maximum Gasteiger partial charge on any atom is 0.240 e. The van der Waals surface area contributed by atoms with Crippen LogP contribution in [-0.4, -0.2) is 17.9 Å². The van der Waals surface area contributed by atoms with Gasteiger partial charge in [-0.25, -0.2) is 0 Å². The van der Waals surface area contributed by atoms with E-state index >= 15 is 0 Å². The second-order valence-electron chi connectivity index (χ2n) is 6.40. The predicted molar refractivity (Wildman–Crippen MR) is 93.2 cm³/mol. The van der Waals surface area contributed by atoms with Crippen LogP contribution in [0.1, 0.15) is 36.3 Å². The van der Waals surface area contributed by atoms with E-state index in [0.717, 1.165) is 24.0 Å². The smallest absolute Gasteiger partial charge is 0.240 e. The van der Waals surface area contributed by atoms with Gasteiger partial charge in [0, 0.05) is 0 Å². The van der Waals surface area contributed by atoms with Crippen LogP contribution in [0.2, 0.25) is 0 Å². The molecule has 0 heterocycles. The number of carbonyl (C=O) groups is 2. The van der Waals surface area contributed by atoms with Crippen molar-refractivity contribution in [1.82, 2.24) is 5.32 Å². The molecule has 1 atom stereocenters. The second kappa shape index (κ2) is 7.30. The van der Waals surface area contributed by atoms with Crippen LogP contribution in [0.15, 0.2) is 60.7 Å². The molecule has 1 aliphatic carbocycles. The molecule has 0 aliphatic heterocycles. The van der Waals surface area contributed by atoms with Crippen LogP contribution in [0.3, 0.4) is 0 Å². The van der Waals surface area contributed by atoms with E-state index in [1.54, 1.807) is 0 Å². The van der Waals surface area contributed by atoms with E-state index in [4.69, 9.17) is 5.73 Å². The summed E-state index contributed by atoms with van der Waals surface area (Å²) in [6.45, 7) is 0. The van der Waals surface area contributed by atoms with Crippen molar-refractivity contribution in [3.8, 4) is 0 Å². The molecule has 4 nitrogen and oxygen atoms in total. The van der Waals surface area contributed by atoms with Crippen molar-refractivity contribution in [1.29, 1.82) is 0 Å². The van der Waals surface area contributed by atoms with Gasteiger partial charge in [-0.3, -0.25) is 9.59 Å². The van der Waals surface area contributed by atoms with Crippen molar-refractivity contribution in [2.75, 3.05) is 0 Å². The first-order valence-electron chi connectivity index (χ1n) is 8.34. The van der Waals surface area contributed by atoms with Crippen LogP contribution in [0, 0.1) is 5.92 Å². The van der Waals surface area contributed by atoms with Crippen molar-refractivity contribution < 1.29 is 9.59 Å². The molecule has 2 aromatic carbocycles. The maximum absolute atomic E-state index is 12.9. The molecule has 0 aromatic heterocycles. The van der Waals surface area contributed by atoms with Crippen LogP contribution in [0.4, 0.5) is 0 Å². The van der Waals surface area contributed by atoms with Gasteiger partial charge in [-0.05, 0) is 23.5 Å². The van der Waals surface area contributed by atoms with Crippen molar-refractivity contribution >= 4 is 11.8 Å². The minimum atomic E-state index is -0.597. The third-order valence-electron chi connectivity index (χ3n) is 4.45. The van der Waals surface area contributed by atoms with Crippen LogP contribution in [0.5, 0.6) is 0 Å². The molecule has 0 unspecified atom stereocenters. The van der Waals surface area contributed by atoms with Crippen LogP contribution in [-0.2, 0) is 9.59 Å². The molecule has 1 fully saturated rings. The van der Waals surface area contributed by atoms with E-state index in [1.165, 1.54) is 0 Å². The van der Waals surface area contributed by atoms with Gasteiger partial charge in [0.05, 0.1) is 5.92 Å². The second-order valence-corrected chi connectivity index (χ2v) is 6.40. The monoisotopic (exact) mass is 322 g/mol. The lowest BCUT2D eigenvalue weighted by Crippen LogP contribution is -2.46. The van der Waals surface area contributed by atoms with Gasteiger partial charge in [0.2, 0.25) is 11.8 Å². The molecule has 3 rings (SSSR count). The summed E-state index contributed by atoms with van der Waals surface area (Å²) < 4.78 is 0. The number of carbonyl (C=O) groups excluding carboxylic acids is 2. The molecule has 4 heteroatoms. The number of rotatable bonds is 7.